The average Bonchev–Trinajstić information content (AvgIpc) is 2.68. The molecule has 1 aromatic rings. The third-order valence-corrected chi connectivity index (χ3v) is 4.29. The molecular weight excluding hydrogens is 269 g/mol. The molecular formula is C13H16FNO3S. The van der Waals surface area contributed by atoms with Crippen molar-refractivity contribution in [3.05, 3.63) is 35.9 Å². The van der Waals surface area contributed by atoms with Gasteiger partial charge in [-0.1, -0.05) is 30.3 Å². The largest absolute Gasteiger partial charge is 0.336 e. The zero-order chi connectivity index (χ0) is 14.0. The molecule has 0 saturated carbocycles. The van der Waals surface area contributed by atoms with E-state index in [1.54, 1.807) is 4.90 Å². The standard InChI is InChI=1S/C13H16FNO3S/c1-10(12-5-3-2-4-6-12)15-8-11(7-13(15)16)9-19(14,17)18/h2-6,10-11H,7-9H2,1H3/t10-,11?/m0/s1. The summed E-state index contributed by atoms with van der Waals surface area (Å²) in [5.41, 5.74) is 0.986. The van der Waals surface area contributed by atoms with Crippen molar-refractivity contribution >= 4 is 16.1 Å². The summed E-state index contributed by atoms with van der Waals surface area (Å²) < 4.78 is 33.9. The number of carbonyl (C=O) groups is 1. The van der Waals surface area contributed by atoms with Crippen LogP contribution in [-0.2, 0) is 15.0 Å². The highest BCUT2D eigenvalue weighted by atomic mass is 32.3. The van der Waals surface area contributed by atoms with Crippen molar-refractivity contribution in [2.24, 2.45) is 5.92 Å². The van der Waals surface area contributed by atoms with Gasteiger partial charge in [-0.25, -0.2) is 0 Å². The predicted octanol–water partition coefficient (Wildman–Crippen LogP) is 1.90. The van der Waals surface area contributed by atoms with Gasteiger partial charge < -0.3 is 4.90 Å². The molecule has 1 amide bonds. The van der Waals surface area contributed by atoms with Crippen LogP contribution in [0.2, 0.25) is 0 Å². The quantitative estimate of drug-likeness (QED) is 0.794. The summed E-state index contributed by atoms with van der Waals surface area (Å²) in [6.07, 6.45) is 0.0975. The normalized spacial score (nSPS) is 21.7. The molecule has 0 radical (unpaired) electrons. The summed E-state index contributed by atoms with van der Waals surface area (Å²) in [5, 5.41) is 0. The van der Waals surface area contributed by atoms with E-state index in [1.807, 2.05) is 37.3 Å². The monoisotopic (exact) mass is 285 g/mol. The first-order chi connectivity index (χ1) is 8.87. The number of hydrogen-bond donors (Lipinski definition) is 0. The van der Waals surface area contributed by atoms with Gasteiger partial charge in [0.05, 0.1) is 11.8 Å². The van der Waals surface area contributed by atoms with Gasteiger partial charge in [-0.15, -0.1) is 3.89 Å². The second kappa shape index (κ2) is 5.28. The summed E-state index contributed by atoms with van der Waals surface area (Å²) in [4.78, 5) is 13.5. The Morgan fingerprint density at radius 3 is 2.58 bits per heavy atom. The van der Waals surface area contributed by atoms with Gasteiger partial charge in [0.2, 0.25) is 5.91 Å². The topological polar surface area (TPSA) is 54.5 Å². The zero-order valence-corrected chi connectivity index (χ0v) is 11.4. The molecule has 1 saturated heterocycles. The molecule has 0 N–H and O–H groups in total. The number of amides is 1. The number of nitrogens with zero attached hydrogens (tertiary/aromatic N) is 1. The molecule has 2 atom stereocenters. The van der Waals surface area contributed by atoms with E-state index in [2.05, 4.69) is 0 Å². The lowest BCUT2D eigenvalue weighted by atomic mass is 10.1. The molecule has 1 aromatic carbocycles. The van der Waals surface area contributed by atoms with Crippen molar-refractivity contribution in [1.29, 1.82) is 0 Å². The van der Waals surface area contributed by atoms with E-state index in [9.17, 15) is 17.1 Å². The second-order valence-electron chi connectivity index (χ2n) is 4.91. The van der Waals surface area contributed by atoms with E-state index in [0.717, 1.165) is 5.56 Å². The average molecular weight is 285 g/mol. The Morgan fingerprint density at radius 2 is 2.00 bits per heavy atom. The fourth-order valence-corrected chi connectivity index (χ4v) is 3.27. The summed E-state index contributed by atoms with van der Waals surface area (Å²) in [6, 6.07) is 9.36. The number of likely N-dealkylation sites (tertiary alicyclic amines) is 1. The molecule has 19 heavy (non-hydrogen) atoms. The van der Waals surface area contributed by atoms with Gasteiger partial charge in [0.15, 0.2) is 0 Å². The third kappa shape index (κ3) is 3.53. The van der Waals surface area contributed by atoms with Crippen LogP contribution in [0.1, 0.15) is 24.9 Å². The number of rotatable bonds is 4. The first-order valence-corrected chi connectivity index (χ1v) is 7.69. The minimum absolute atomic E-state index is 0.0975. The Balaban J connectivity index is 2.08. The minimum atomic E-state index is -4.52. The lowest BCUT2D eigenvalue weighted by Gasteiger charge is -2.25. The fraction of sp³-hybridized carbons (Fsp3) is 0.462. The van der Waals surface area contributed by atoms with E-state index in [0.29, 0.717) is 0 Å². The van der Waals surface area contributed by atoms with Crippen LogP contribution in [0, 0.1) is 5.92 Å². The van der Waals surface area contributed by atoms with Crippen molar-refractivity contribution in [1.82, 2.24) is 4.90 Å². The SMILES string of the molecule is C[C@@H](c1ccccc1)N1CC(CS(=O)(=O)F)CC1=O. The van der Waals surface area contributed by atoms with E-state index >= 15 is 0 Å². The first-order valence-electron chi connectivity index (χ1n) is 6.13. The van der Waals surface area contributed by atoms with Crippen LogP contribution in [0.15, 0.2) is 30.3 Å². The molecule has 1 aliphatic heterocycles. The Hall–Kier alpha value is -1.43. The van der Waals surface area contributed by atoms with Gasteiger partial charge in [-0.3, -0.25) is 4.79 Å². The van der Waals surface area contributed by atoms with Crippen LogP contribution in [-0.4, -0.2) is 31.5 Å². The first kappa shape index (κ1) is 14.0. The molecule has 2 rings (SSSR count). The Bertz CT molecular complexity index is 559. The van der Waals surface area contributed by atoms with Gasteiger partial charge in [0.1, 0.15) is 0 Å². The van der Waals surface area contributed by atoms with Crippen LogP contribution in [0.3, 0.4) is 0 Å². The summed E-state index contributed by atoms with van der Waals surface area (Å²) >= 11 is 0. The number of carbonyl (C=O) groups excluding carboxylic acids is 1. The van der Waals surface area contributed by atoms with E-state index in [-0.39, 0.29) is 24.9 Å². The maximum atomic E-state index is 12.7. The van der Waals surface area contributed by atoms with Crippen molar-refractivity contribution in [2.45, 2.75) is 19.4 Å². The van der Waals surface area contributed by atoms with E-state index in [4.69, 9.17) is 0 Å². The number of benzene rings is 1. The molecule has 1 aliphatic rings. The van der Waals surface area contributed by atoms with Crippen LogP contribution >= 0.6 is 0 Å². The summed E-state index contributed by atoms with van der Waals surface area (Å²) in [6.45, 7) is 2.18. The van der Waals surface area contributed by atoms with Gasteiger partial charge in [0, 0.05) is 18.9 Å². The van der Waals surface area contributed by atoms with E-state index < -0.39 is 21.9 Å². The maximum Gasteiger partial charge on any atom is 0.302 e. The Morgan fingerprint density at radius 1 is 1.37 bits per heavy atom. The van der Waals surface area contributed by atoms with Crippen LogP contribution in [0.5, 0.6) is 0 Å². The Kier molecular flexibility index (Phi) is 3.89. The van der Waals surface area contributed by atoms with Gasteiger partial charge in [-0.2, -0.15) is 8.42 Å². The molecule has 0 bridgehead atoms. The van der Waals surface area contributed by atoms with Crippen molar-refractivity contribution in [3.8, 4) is 0 Å². The van der Waals surface area contributed by atoms with Gasteiger partial charge >= 0.3 is 10.2 Å². The molecule has 4 nitrogen and oxygen atoms in total. The third-order valence-electron chi connectivity index (χ3n) is 3.42. The van der Waals surface area contributed by atoms with Gasteiger partial charge in [-0.05, 0) is 12.5 Å². The molecule has 1 unspecified atom stereocenters. The number of hydrogen-bond acceptors (Lipinski definition) is 3. The molecule has 1 fully saturated rings. The zero-order valence-electron chi connectivity index (χ0n) is 10.6. The van der Waals surface area contributed by atoms with E-state index in [1.165, 1.54) is 0 Å². The Labute approximate surface area is 112 Å². The fourth-order valence-electron chi connectivity index (χ4n) is 2.49. The molecule has 0 aromatic heterocycles. The lowest BCUT2D eigenvalue weighted by molar-refractivity contribution is -0.129. The van der Waals surface area contributed by atoms with Gasteiger partial charge in [0.25, 0.3) is 0 Å². The lowest BCUT2D eigenvalue weighted by Crippen LogP contribution is -2.29. The summed E-state index contributed by atoms with van der Waals surface area (Å²) in [5.74, 6) is -1.14. The number of halogens is 1. The molecule has 104 valence electrons. The highest BCUT2D eigenvalue weighted by Crippen LogP contribution is 2.29. The highest BCUT2D eigenvalue weighted by molar-refractivity contribution is 7.86. The summed E-state index contributed by atoms with van der Waals surface area (Å²) in [7, 11) is -4.52. The predicted molar refractivity (Wildman–Crippen MR) is 69.6 cm³/mol. The van der Waals surface area contributed by atoms with Crippen LogP contribution in [0.4, 0.5) is 3.89 Å². The molecule has 6 heteroatoms. The van der Waals surface area contributed by atoms with Crippen molar-refractivity contribution in [3.63, 3.8) is 0 Å². The van der Waals surface area contributed by atoms with Crippen molar-refractivity contribution in [2.75, 3.05) is 12.3 Å². The van der Waals surface area contributed by atoms with Crippen LogP contribution < -0.4 is 0 Å². The van der Waals surface area contributed by atoms with Crippen LogP contribution in [0.25, 0.3) is 0 Å². The second-order valence-corrected chi connectivity index (χ2v) is 6.32. The molecule has 0 aliphatic carbocycles. The maximum absolute atomic E-state index is 12.7. The highest BCUT2D eigenvalue weighted by Gasteiger charge is 2.35. The molecule has 0 spiro atoms. The minimum Gasteiger partial charge on any atom is -0.336 e. The molecule has 1 heterocycles. The smallest absolute Gasteiger partial charge is 0.302 e. The van der Waals surface area contributed by atoms with Crippen molar-refractivity contribution < 1.29 is 17.1 Å².